The molecule has 0 aliphatic heterocycles. The highest BCUT2D eigenvalue weighted by Crippen LogP contribution is 2.44. The van der Waals surface area contributed by atoms with E-state index in [1.54, 1.807) is 13.3 Å². The number of carbonyl (C=O) groups is 1. The van der Waals surface area contributed by atoms with Crippen LogP contribution in [0.2, 0.25) is 0 Å². The summed E-state index contributed by atoms with van der Waals surface area (Å²) in [6.07, 6.45) is 2.55. The predicted octanol–water partition coefficient (Wildman–Crippen LogP) is 2.02. The summed E-state index contributed by atoms with van der Waals surface area (Å²) in [5.41, 5.74) is 1.41. The van der Waals surface area contributed by atoms with Crippen LogP contribution in [-0.2, 0) is 7.05 Å². The molecule has 0 bridgehead atoms. The molecule has 0 unspecified atom stereocenters. The van der Waals surface area contributed by atoms with Crippen molar-refractivity contribution in [2.75, 3.05) is 21.3 Å². The molecular formula is C13H15NO4. The van der Waals surface area contributed by atoms with Crippen molar-refractivity contribution < 1.29 is 19.0 Å². The molecule has 0 atom stereocenters. The molecule has 0 aliphatic rings. The van der Waals surface area contributed by atoms with Gasteiger partial charge in [-0.15, -0.1) is 0 Å². The number of rotatable bonds is 4. The maximum atomic E-state index is 11.1. The van der Waals surface area contributed by atoms with Crippen molar-refractivity contribution in [2.24, 2.45) is 7.05 Å². The average molecular weight is 249 g/mol. The van der Waals surface area contributed by atoms with Gasteiger partial charge in [-0.3, -0.25) is 4.79 Å². The van der Waals surface area contributed by atoms with Gasteiger partial charge in [0.05, 0.1) is 32.2 Å². The van der Waals surface area contributed by atoms with Gasteiger partial charge in [0.25, 0.3) is 0 Å². The molecule has 5 heteroatoms. The summed E-state index contributed by atoms with van der Waals surface area (Å²) in [6, 6.07) is 1.82. The van der Waals surface area contributed by atoms with E-state index < -0.39 is 0 Å². The van der Waals surface area contributed by atoms with Gasteiger partial charge in [-0.25, -0.2) is 0 Å². The maximum absolute atomic E-state index is 11.1. The second-order valence-electron chi connectivity index (χ2n) is 3.85. The van der Waals surface area contributed by atoms with Crippen LogP contribution in [0.4, 0.5) is 0 Å². The minimum atomic E-state index is 0.488. The molecule has 0 fully saturated rings. The highest BCUT2D eigenvalue weighted by molar-refractivity contribution is 6.03. The largest absolute Gasteiger partial charge is 0.493 e. The molecule has 5 nitrogen and oxygen atoms in total. The van der Waals surface area contributed by atoms with E-state index in [4.69, 9.17) is 14.2 Å². The SMILES string of the molecule is COc1cc2c(c(C=O)cn2C)c(OC)c1OC. The van der Waals surface area contributed by atoms with Crippen molar-refractivity contribution in [3.8, 4) is 17.2 Å². The lowest BCUT2D eigenvalue weighted by Gasteiger charge is -2.13. The molecular weight excluding hydrogens is 234 g/mol. The molecule has 96 valence electrons. The summed E-state index contributed by atoms with van der Waals surface area (Å²) < 4.78 is 17.8. The van der Waals surface area contributed by atoms with Gasteiger partial charge in [-0.05, 0) is 0 Å². The second-order valence-corrected chi connectivity index (χ2v) is 3.85. The van der Waals surface area contributed by atoms with Crippen LogP contribution in [0, 0.1) is 0 Å². The molecule has 1 heterocycles. The number of aryl methyl sites for hydroxylation is 1. The summed E-state index contributed by atoms with van der Waals surface area (Å²) in [5, 5.41) is 0.729. The van der Waals surface area contributed by atoms with Crippen LogP contribution in [0.1, 0.15) is 10.4 Å². The topological polar surface area (TPSA) is 49.7 Å². The zero-order valence-electron chi connectivity index (χ0n) is 10.8. The van der Waals surface area contributed by atoms with Gasteiger partial charge in [0.2, 0.25) is 5.75 Å². The number of fused-ring (bicyclic) bond motifs is 1. The Labute approximate surface area is 105 Å². The fraction of sp³-hybridized carbons (Fsp3) is 0.308. The lowest BCUT2D eigenvalue weighted by Crippen LogP contribution is -1.96. The Kier molecular flexibility index (Phi) is 3.14. The Morgan fingerprint density at radius 2 is 1.78 bits per heavy atom. The van der Waals surface area contributed by atoms with Crippen LogP contribution in [0.15, 0.2) is 12.3 Å². The molecule has 0 aliphatic carbocycles. The Balaban J connectivity index is 2.94. The number of hydrogen-bond donors (Lipinski definition) is 0. The first-order valence-corrected chi connectivity index (χ1v) is 5.41. The monoisotopic (exact) mass is 249 g/mol. The molecule has 0 radical (unpaired) electrons. The minimum Gasteiger partial charge on any atom is -0.493 e. The van der Waals surface area contributed by atoms with Crippen LogP contribution in [0.25, 0.3) is 10.9 Å². The fourth-order valence-corrected chi connectivity index (χ4v) is 2.13. The van der Waals surface area contributed by atoms with Gasteiger partial charge in [-0.2, -0.15) is 0 Å². The molecule has 1 aromatic heterocycles. The molecule has 2 aromatic rings. The number of aldehydes is 1. The highest BCUT2D eigenvalue weighted by atomic mass is 16.5. The third-order valence-corrected chi connectivity index (χ3v) is 2.94. The molecule has 0 spiro atoms. The molecule has 18 heavy (non-hydrogen) atoms. The molecule has 2 rings (SSSR count). The fourth-order valence-electron chi connectivity index (χ4n) is 2.13. The van der Waals surface area contributed by atoms with Crippen molar-refractivity contribution in [3.05, 3.63) is 17.8 Å². The third kappa shape index (κ3) is 1.59. The van der Waals surface area contributed by atoms with Crippen molar-refractivity contribution in [1.29, 1.82) is 0 Å². The average Bonchev–Trinajstić information content (AvgIpc) is 2.72. The van der Waals surface area contributed by atoms with E-state index in [0.29, 0.717) is 22.8 Å². The first-order valence-electron chi connectivity index (χ1n) is 5.41. The van der Waals surface area contributed by atoms with Gasteiger partial charge in [0.15, 0.2) is 17.8 Å². The van der Waals surface area contributed by atoms with E-state index in [9.17, 15) is 4.79 Å². The lowest BCUT2D eigenvalue weighted by molar-refractivity contribution is 0.112. The van der Waals surface area contributed by atoms with E-state index in [0.717, 1.165) is 17.2 Å². The molecule has 1 aromatic carbocycles. The number of ether oxygens (including phenoxy) is 3. The maximum Gasteiger partial charge on any atom is 0.204 e. The number of methoxy groups -OCH3 is 3. The first-order chi connectivity index (χ1) is 8.67. The molecule has 0 N–H and O–H groups in total. The van der Waals surface area contributed by atoms with Crippen LogP contribution < -0.4 is 14.2 Å². The predicted molar refractivity (Wildman–Crippen MR) is 68.0 cm³/mol. The van der Waals surface area contributed by atoms with E-state index in [1.807, 2.05) is 17.7 Å². The molecule has 0 saturated carbocycles. The lowest BCUT2D eigenvalue weighted by atomic mass is 10.1. The van der Waals surface area contributed by atoms with E-state index in [1.165, 1.54) is 14.2 Å². The number of carbonyl (C=O) groups excluding carboxylic acids is 1. The Hall–Kier alpha value is -2.17. The second kappa shape index (κ2) is 4.60. The minimum absolute atomic E-state index is 0.488. The van der Waals surface area contributed by atoms with E-state index in [2.05, 4.69) is 0 Å². The quantitative estimate of drug-likeness (QED) is 0.778. The van der Waals surface area contributed by atoms with Gasteiger partial charge in [-0.1, -0.05) is 0 Å². The Morgan fingerprint density at radius 3 is 2.28 bits per heavy atom. The normalized spacial score (nSPS) is 10.4. The van der Waals surface area contributed by atoms with E-state index >= 15 is 0 Å². The number of aromatic nitrogens is 1. The zero-order valence-corrected chi connectivity index (χ0v) is 10.8. The standard InChI is InChI=1S/C13H15NO4/c1-14-6-8(7-15)11-9(14)5-10(16-2)12(17-3)13(11)18-4/h5-7H,1-4H3. The van der Waals surface area contributed by atoms with Gasteiger partial charge < -0.3 is 18.8 Å². The summed E-state index contributed by atoms with van der Waals surface area (Å²) in [6.45, 7) is 0. The van der Waals surface area contributed by atoms with Gasteiger partial charge in [0.1, 0.15) is 0 Å². The van der Waals surface area contributed by atoms with Gasteiger partial charge >= 0.3 is 0 Å². The van der Waals surface area contributed by atoms with Crippen LogP contribution in [0.3, 0.4) is 0 Å². The van der Waals surface area contributed by atoms with Crippen LogP contribution in [0.5, 0.6) is 17.2 Å². The van der Waals surface area contributed by atoms with Crippen LogP contribution >= 0.6 is 0 Å². The summed E-state index contributed by atoms with van der Waals surface area (Å²) in [4.78, 5) is 11.1. The number of hydrogen-bond acceptors (Lipinski definition) is 4. The summed E-state index contributed by atoms with van der Waals surface area (Å²) in [7, 11) is 6.50. The van der Waals surface area contributed by atoms with Gasteiger partial charge in [0, 0.05) is 24.9 Å². The van der Waals surface area contributed by atoms with Crippen molar-refractivity contribution >= 4 is 17.2 Å². The zero-order chi connectivity index (χ0) is 13.3. The Morgan fingerprint density at radius 1 is 1.11 bits per heavy atom. The van der Waals surface area contributed by atoms with Crippen molar-refractivity contribution in [2.45, 2.75) is 0 Å². The van der Waals surface area contributed by atoms with E-state index in [-0.39, 0.29) is 0 Å². The first kappa shape index (κ1) is 12.3. The van der Waals surface area contributed by atoms with Crippen molar-refractivity contribution in [3.63, 3.8) is 0 Å². The summed E-state index contributed by atoms with van der Waals surface area (Å²) >= 11 is 0. The Bertz CT molecular complexity index is 601. The highest BCUT2D eigenvalue weighted by Gasteiger charge is 2.20. The third-order valence-electron chi connectivity index (χ3n) is 2.94. The smallest absolute Gasteiger partial charge is 0.204 e. The summed E-state index contributed by atoms with van der Waals surface area (Å²) in [5.74, 6) is 1.57. The number of nitrogens with zero attached hydrogens (tertiary/aromatic N) is 1. The molecule has 0 amide bonds. The molecule has 0 saturated heterocycles. The number of benzene rings is 1. The van der Waals surface area contributed by atoms with Crippen molar-refractivity contribution in [1.82, 2.24) is 4.57 Å². The van der Waals surface area contributed by atoms with Crippen LogP contribution in [-0.4, -0.2) is 32.2 Å².